The van der Waals surface area contributed by atoms with Gasteiger partial charge < -0.3 is 9.80 Å². The van der Waals surface area contributed by atoms with Gasteiger partial charge in [0.2, 0.25) is 11.9 Å². The molecule has 2 aliphatic rings. The van der Waals surface area contributed by atoms with Gasteiger partial charge in [0.1, 0.15) is 6.33 Å². The number of carbonyl (C=O) groups excluding carboxylic acids is 1. The molecule has 1 saturated carbocycles. The fourth-order valence-corrected chi connectivity index (χ4v) is 3.06. The Morgan fingerprint density at radius 1 is 1.40 bits per heavy atom. The van der Waals surface area contributed by atoms with Crippen molar-refractivity contribution in [2.45, 2.75) is 32.6 Å². The number of nitrogens with one attached hydrogen (secondary N) is 1. The van der Waals surface area contributed by atoms with Gasteiger partial charge in [-0.2, -0.15) is 10.1 Å². The molecule has 1 aromatic heterocycles. The van der Waals surface area contributed by atoms with Crippen molar-refractivity contribution < 1.29 is 4.79 Å². The molecular weight excluding hydrogens is 254 g/mol. The number of rotatable bonds is 5. The molecule has 1 aromatic rings. The van der Waals surface area contributed by atoms with E-state index in [1.54, 1.807) is 0 Å². The van der Waals surface area contributed by atoms with Gasteiger partial charge in [0, 0.05) is 32.1 Å². The summed E-state index contributed by atoms with van der Waals surface area (Å²) < 4.78 is 0. The van der Waals surface area contributed by atoms with E-state index in [0.717, 1.165) is 38.5 Å². The van der Waals surface area contributed by atoms with Gasteiger partial charge >= 0.3 is 0 Å². The third-order valence-electron chi connectivity index (χ3n) is 4.46. The SMILES string of the molecule is CCCC[C@@H]1C[C@@H]1C(=O)N1CCN(c2ncn[nH]2)CC1. The molecule has 6 heteroatoms. The molecule has 110 valence electrons. The summed E-state index contributed by atoms with van der Waals surface area (Å²) in [6, 6.07) is 0. The Kier molecular flexibility index (Phi) is 3.89. The van der Waals surface area contributed by atoms with E-state index < -0.39 is 0 Å². The van der Waals surface area contributed by atoms with E-state index >= 15 is 0 Å². The van der Waals surface area contributed by atoms with E-state index in [-0.39, 0.29) is 0 Å². The van der Waals surface area contributed by atoms with Crippen molar-refractivity contribution in [1.82, 2.24) is 20.1 Å². The van der Waals surface area contributed by atoms with Crippen LogP contribution in [0.3, 0.4) is 0 Å². The van der Waals surface area contributed by atoms with Gasteiger partial charge in [-0.15, -0.1) is 0 Å². The molecule has 2 atom stereocenters. The largest absolute Gasteiger partial charge is 0.339 e. The predicted octanol–water partition coefficient (Wildman–Crippen LogP) is 1.28. The second kappa shape index (κ2) is 5.81. The van der Waals surface area contributed by atoms with Crippen molar-refractivity contribution in [2.75, 3.05) is 31.1 Å². The third-order valence-corrected chi connectivity index (χ3v) is 4.46. The molecule has 1 amide bonds. The van der Waals surface area contributed by atoms with Crippen LogP contribution >= 0.6 is 0 Å². The molecule has 20 heavy (non-hydrogen) atoms. The van der Waals surface area contributed by atoms with E-state index in [1.165, 1.54) is 25.6 Å². The van der Waals surface area contributed by atoms with Crippen LogP contribution in [0.25, 0.3) is 0 Å². The highest BCUT2D eigenvalue weighted by Gasteiger charge is 2.44. The number of H-pyrrole nitrogens is 1. The van der Waals surface area contributed by atoms with Gasteiger partial charge in [0.25, 0.3) is 0 Å². The summed E-state index contributed by atoms with van der Waals surface area (Å²) in [7, 11) is 0. The van der Waals surface area contributed by atoms with Gasteiger partial charge in [-0.3, -0.25) is 4.79 Å². The zero-order valence-corrected chi connectivity index (χ0v) is 12.1. The molecule has 3 rings (SSSR count). The zero-order valence-electron chi connectivity index (χ0n) is 12.1. The number of hydrogen-bond donors (Lipinski definition) is 1. The molecule has 0 spiro atoms. The zero-order chi connectivity index (χ0) is 13.9. The molecule has 0 aromatic carbocycles. The summed E-state index contributed by atoms with van der Waals surface area (Å²) in [5.74, 6) is 2.17. The highest BCUT2D eigenvalue weighted by atomic mass is 16.2. The summed E-state index contributed by atoms with van der Waals surface area (Å²) in [6.45, 7) is 5.50. The Bertz CT molecular complexity index is 438. The summed E-state index contributed by atoms with van der Waals surface area (Å²) in [4.78, 5) is 20.7. The van der Waals surface area contributed by atoms with Crippen molar-refractivity contribution >= 4 is 11.9 Å². The Morgan fingerprint density at radius 3 is 2.85 bits per heavy atom. The monoisotopic (exact) mass is 277 g/mol. The van der Waals surface area contributed by atoms with Crippen LogP contribution in [0.5, 0.6) is 0 Å². The number of unbranched alkanes of at least 4 members (excludes halogenated alkanes) is 1. The highest BCUT2D eigenvalue weighted by Crippen LogP contribution is 2.43. The topological polar surface area (TPSA) is 65.1 Å². The number of hydrogen-bond acceptors (Lipinski definition) is 4. The molecule has 1 saturated heterocycles. The molecule has 1 aliphatic carbocycles. The summed E-state index contributed by atoms with van der Waals surface area (Å²) >= 11 is 0. The van der Waals surface area contributed by atoms with Gasteiger partial charge in [-0.25, -0.2) is 5.10 Å². The second-order valence-electron chi connectivity index (χ2n) is 5.87. The van der Waals surface area contributed by atoms with Gasteiger partial charge in [-0.05, 0) is 18.8 Å². The summed E-state index contributed by atoms with van der Waals surface area (Å²) in [5.41, 5.74) is 0. The van der Waals surface area contributed by atoms with Crippen LogP contribution in [0.2, 0.25) is 0 Å². The van der Waals surface area contributed by atoms with Crippen molar-refractivity contribution in [3.8, 4) is 0 Å². The van der Waals surface area contributed by atoms with Gasteiger partial charge in [-0.1, -0.05) is 19.8 Å². The van der Waals surface area contributed by atoms with Gasteiger partial charge in [0.15, 0.2) is 0 Å². The molecule has 0 radical (unpaired) electrons. The number of nitrogens with zero attached hydrogens (tertiary/aromatic N) is 4. The number of carbonyl (C=O) groups is 1. The van der Waals surface area contributed by atoms with Crippen LogP contribution in [0.4, 0.5) is 5.95 Å². The standard InChI is InChI=1S/C14H23N5O/c1-2-3-4-11-9-12(11)13(20)18-5-7-19(8-6-18)14-15-10-16-17-14/h10-12H,2-9H2,1H3,(H,15,16,17)/t11-,12+/m1/s1. The lowest BCUT2D eigenvalue weighted by Gasteiger charge is -2.34. The van der Waals surface area contributed by atoms with Crippen LogP contribution in [0.15, 0.2) is 6.33 Å². The van der Waals surface area contributed by atoms with Crippen LogP contribution in [-0.4, -0.2) is 52.2 Å². The average molecular weight is 277 g/mol. The Morgan fingerprint density at radius 2 is 2.20 bits per heavy atom. The van der Waals surface area contributed by atoms with Crippen LogP contribution in [0, 0.1) is 11.8 Å². The molecule has 2 fully saturated rings. The van der Waals surface area contributed by atoms with Crippen LogP contribution in [-0.2, 0) is 4.79 Å². The minimum atomic E-state index is 0.318. The lowest BCUT2D eigenvalue weighted by molar-refractivity contribution is -0.133. The molecule has 1 N–H and O–H groups in total. The number of amides is 1. The first-order chi connectivity index (χ1) is 9.79. The number of anilines is 1. The number of piperazine rings is 1. The Balaban J connectivity index is 1.45. The minimum Gasteiger partial charge on any atom is -0.339 e. The molecule has 1 aliphatic heterocycles. The fourth-order valence-electron chi connectivity index (χ4n) is 3.06. The van der Waals surface area contributed by atoms with E-state index in [2.05, 4.69) is 27.0 Å². The lowest BCUT2D eigenvalue weighted by Crippen LogP contribution is -2.49. The maximum Gasteiger partial charge on any atom is 0.226 e. The molecular formula is C14H23N5O. The van der Waals surface area contributed by atoms with Gasteiger partial charge in [0.05, 0.1) is 0 Å². The third kappa shape index (κ3) is 2.78. The van der Waals surface area contributed by atoms with E-state index in [4.69, 9.17) is 0 Å². The minimum absolute atomic E-state index is 0.318. The maximum atomic E-state index is 12.4. The number of aromatic nitrogens is 3. The fraction of sp³-hybridized carbons (Fsp3) is 0.786. The smallest absolute Gasteiger partial charge is 0.226 e. The lowest BCUT2D eigenvalue weighted by atomic mass is 10.1. The predicted molar refractivity (Wildman–Crippen MR) is 76.3 cm³/mol. The summed E-state index contributed by atoms with van der Waals surface area (Å²) in [6.07, 6.45) is 6.35. The van der Waals surface area contributed by atoms with Crippen molar-refractivity contribution in [2.24, 2.45) is 11.8 Å². The first-order valence-corrected chi connectivity index (χ1v) is 7.68. The van der Waals surface area contributed by atoms with E-state index in [9.17, 15) is 4.79 Å². The van der Waals surface area contributed by atoms with Crippen LogP contribution < -0.4 is 4.90 Å². The van der Waals surface area contributed by atoms with E-state index in [1.807, 2.05) is 4.90 Å². The van der Waals surface area contributed by atoms with Crippen molar-refractivity contribution in [1.29, 1.82) is 0 Å². The quantitative estimate of drug-likeness (QED) is 0.880. The normalized spacial score (nSPS) is 25.9. The first kappa shape index (κ1) is 13.4. The van der Waals surface area contributed by atoms with Crippen LogP contribution in [0.1, 0.15) is 32.6 Å². The van der Waals surface area contributed by atoms with E-state index in [0.29, 0.717) is 17.7 Å². The maximum absolute atomic E-state index is 12.4. The second-order valence-corrected chi connectivity index (χ2v) is 5.87. The van der Waals surface area contributed by atoms with Crippen molar-refractivity contribution in [3.63, 3.8) is 0 Å². The Labute approximate surface area is 119 Å². The average Bonchev–Trinajstić information content (AvgIpc) is 3.05. The molecule has 2 heterocycles. The molecule has 0 unspecified atom stereocenters. The first-order valence-electron chi connectivity index (χ1n) is 7.68. The summed E-state index contributed by atoms with van der Waals surface area (Å²) in [5, 5.41) is 6.75. The molecule has 6 nitrogen and oxygen atoms in total. The van der Waals surface area contributed by atoms with Crippen molar-refractivity contribution in [3.05, 3.63) is 6.33 Å². The number of aromatic amines is 1. The highest BCUT2D eigenvalue weighted by molar-refractivity contribution is 5.82. The molecule has 0 bridgehead atoms. The Hall–Kier alpha value is -1.59.